The van der Waals surface area contributed by atoms with E-state index in [4.69, 9.17) is 10.2 Å². The van der Waals surface area contributed by atoms with Crippen LogP contribution in [0.3, 0.4) is 0 Å². The summed E-state index contributed by atoms with van der Waals surface area (Å²) in [6.07, 6.45) is 0. The van der Waals surface area contributed by atoms with Gasteiger partial charge in [0.25, 0.3) is 0 Å². The molecule has 0 aliphatic carbocycles. The highest BCUT2D eigenvalue weighted by atomic mass is 16.4. The first-order valence-corrected chi connectivity index (χ1v) is 3.89. The third-order valence-electron chi connectivity index (χ3n) is 1.40. The Morgan fingerprint density at radius 3 is 2.58 bits per heavy atom. The molecular weight excluding hydrogens is 156 g/mol. The highest BCUT2D eigenvalue weighted by molar-refractivity contribution is 5.25. The molecule has 1 aromatic rings. The van der Waals surface area contributed by atoms with Gasteiger partial charge in [0.05, 0.1) is 0 Å². The van der Waals surface area contributed by atoms with Crippen molar-refractivity contribution in [1.29, 1.82) is 0 Å². The van der Waals surface area contributed by atoms with Gasteiger partial charge in [-0.05, 0) is 5.92 Å². The normalized spacial score (nSPS) is 10.7. The van der Waals surface area contributed by atoms with Crippen LogP contribution >= 0.6 is 0 Å². The Hall–Kier alpha value is -1.26. The van der Waals surface area contributed by atoms with Gasteiger partial charge < -0.3 is 15.1 Å². The molecule has 1 heterocycles. The first kappa shape index (κ1) is 8.83. The van der Waals surface area contributed by atoms with Crippen LogP contribution in [0.15, 0.2) is 4.42 Å². The fraction of sp³-hybridized carbons (Fsp3) is 0.714. The van der Waals surface area contributed by atoms with Crippen molar-refractivity contribution < 1.29 is 4.42 Å². The number of nitrogens with two attached hydrogens (primary N) is 1. The number of nitrogen functional groups attached to an aromatic ring is 1. The first-order chi connectivity index (χ1) is 5.59. The van der Waals surface area contributed by atoms with Crippen LogP contribution in [0.5, 0.6) is 0 Å². The molecule has 0 aromatic carbocycles. The van der Waals surface area contributed by atoms with E-state index >= 15 is 0 Å². The summed E-state index contributed by atoms with van der Waals surface area (Å²) in [4.78, 5) is 1.88. The summed E-state index contributed by atoms with van der Waals surface area (Å²) < 4.78 is 5.03. The summed E-state index contributed by atoms with van der Waals surface area (Å²) in [5, 5.41) is 7.32. The van der Waals surface area contributed by atoms with Gasteiger partial charge in [0.2, 0.25) is 0 Å². The molecule has 0 radical (unpaired) electrons. The Morgan fingerprint density at radius 1 is 1.50 bits per heavy atom. The zero-order valence-corrected chi connectivity index (χ0v) is 7.61. The maximum absolute atomic E-state index is 5.28. The molecular formula is C7H14N4O. The molecule has 1 aromatic heterocycles. The molecule has 0 spiro atoms. The molecule has 0 aliphatic rings. The number of anilines is 2. The smallest absolute Gasteiger partial charge is 0.319 e. The van der Waals surface area contributed by atoms with Gasteiger partial charge in [-0.1, -0.05) is 24.0 Å². The maximum Gasteiger partial charge on any atom is 0.319 e. The first-order valence-electron chi connectivity index (χ1n) is 3.89. The highest BCUT2D eigenvalue weighted by Crippen LogP contribution is 2.12. The van der Waals surface area contributed by atoms with Gasteiger partial charge in [-0.3, -0.25) is 0 Å². The van der Waals surface area contributed by atoms with Gasteiger partial charge >= 0.3 is 12.0 Å². The van der Waals surface area contributed by atoms with Crippen LogP contribution in [0.4, 0.5) is 12.0 Å². The lowest BCUT2D eigenvalue weighted by Gasteiger charge is -2.15. The molecule has 0 fully saturated rings. The summed E-state index contributed by atoms with van der Waals surface area (Å²) in [6, 6.07) is 0.585. The van der Waals surface area contributed by atoms with Crippen molar-refractivity contribution in [1.82, 2.24) is 10.2 Å². The van der Waals surface area contributed by atoms with Crippen LogP contribution in [0.1, 0.15) is 13.8 Å². The predicted molar refractivity (Wildman–Crippen MR) is 46.8 cm³/mol. The Balaban J connectivity index is 2.58. The molecule has 12 heavy (non-hydrogen) atoms. The number of hydrogen-bond donors (Lipinski definition) is 1. The average Bonchev–Trinajstić information content (AvgIpc) is 2.34. The van der Waals surface area contributed by atoms with E-state index in [0.717, 1.165) is 6.54 Å². The van der Waals surface area contributed by atoms with Gasteiger partial charge in [-0.15, -0.1) is 0 Å². The zero-order chi connectivity index (χ0) is 9.14. The Bertz CT molecular complexity index is 245. The summed E-state index contributed by atoms with van der Waals surface area (Å²) >= 11 is 0. The molecule has 0 atom stereocenters. The van der Waals surface area contributed by atoms with Crippen molar-refractivity contribution in [2.24, 2.45) is 5.92 Å². The van der Waals surface area contributed by atoms with E-state index < -0.39 is 0 Å². The Morgan fingerprint density at radius 2 is 2.17 bits per heavy atom. The van der Waals surface area contributed by atoms with Gasteiger partial charge in [-0.25, -0.2) is 0 Å². The number of nitrogens with zero attached hydrogens (tertiary/aromatic N) is 3. The van der Waals surface area contributed by atoms with E-state index in [1.54, 1.807) is 0 Å². The standard InChI is InChI=1S/C7H14N4O/c1-5(2)4-11(3)7-10-9-6(8)12-7/h5H,4H2,1-3H3,(H2,8,9). The SMILES string of the molecule is CC(C)CN(C)c1nnc(N)o1. The largest absolute Gasteiger partial charge is 0.390 e. The summed E-state index contributed by atoms with van der Waals surface area (Å²) in [7, 11) is 1.90. The summed E-state index contributed by atoms with van der Waals surface area (Å²) in [6.45, 7) is 5.12. The van der Waals surface area contributed by atoms with Crippen LogP contribution in [0, 0.1) is 5.92 Å². The van der Waals surface area contributed by atoms with Crippen molar-refractivity contribution in [2.45, 2.75) is 13.8 Å². The van der Waals surface area contributed by atoms with E-state index in [1.165, 1.54) is 0 Å². The van der Waals surface area contributed by atoms with Crippen LogP contribution in [-0.4, -0.2) is 23.8 Å². The van der Waals surface area contributed by atoms with Crippen molar-refractivity contribution >= 4 is 12.0 Å². The molecule has 0 saturated heterocycles. The monoisotopic (exact) mass is 170 g/mol. The summed E-state index contributed by atoms with van der Waals surface area (Å²) in [5.41, 5.74) is 5.28. The average molecular weight is 170 g/mol. The van der Waals surface area contributed by atoms with Crippen molar-refractivity contribution in [3.8, 4) is 0 Å². The maximum atomic E-state index is 5.28. The second-order valence-corrected chi connectivity index (χ2v) is 3.20. The lowest BCUT2D eigenvalue weighted by atomic mass is 10.2. The molecule has 2 N–H and O–H groups in total. The van der Waals surface area contributed by atoms with E-state index in [2.05, 4.69) is 24.0 Å². The van der Waals surface area contributed by atoms with Crippen LogP contribution in [0.2, 0.25) is 0 Å². The third-order valence-corrected chi connectivity index (χ3v) is 1.40. The van der Waals surface area contributed by atoms with Gasteiger partial charge in [0, 0.05) is 13.6 Å². The van der Waals surface area contributed by atoms with Crippen molar-refractivity contribution in [3.05, 3.63) is 0 Å². The molecule has 0 aliphatic heterocycles. The van der Waals surface area contributed by atoms with Crippen LogP contribution in [-0.2, 0) is 0 Å². The topological polar surface area (TPSA) is 68.2 Å². The third kappa shape index (κ3) is 2.11. The van der Waals surface area contributed by atoms with Gasteiger partial charge in [-0.2, -0.15) is 0 Å². The minimum Gasteiger partial charge on any atom is -0.390 e. The zero-order valence-electron chi connectivity index (χ0n) is 7.61. The quantitative estimate of drug-likeness (QED) is 0.724. The van der Waals surface area contributed by atoms with E-state index in [-0.39, 0.29) is 6.01 Å². The molecule has 1 rings (SSSR count). The summed E-state index contributed by atoms with van der Waals surface area (Å²) in [5.74, 6) is 0.558. The van der Waals surface area contributed by atoms with E-state index in [9.17, 15) is 0 Å². The lowest BCUT2D eigenvalue weighted by molar-refractivity contribution is 0.535. The van der Waals surface area contributed by atoms with Gasteiger partial charge in [0.15, 0.2) is 0 Å². The molecule has 0 unspecified atom stereocenters. The number of rotatable bonds is 3. The molecule has 0 saturated carbocycles. The fourth-order valence-electron chi connectivity index (χ4n) is 1.01. The molecule has 5 nitrogen and oxygen atoms in total. The van der Waals surface area contributed by atoms with Crippen molar-refractivity contribution in [2.75, 3.05) is 24.2 Å². The van der Waals surface area contributed by atoms with E-state index in [1.807, 2.05) is 11.9 Å². The number of hydrogen-bond acceptors (Lipinski definition) is 5. The van der Waals surface area contributed by atoms with Crippen LogP contribution in [0.25, 0.3) is 0 Å². The molecule has 0 bridgehead atoms. The molecule has 68 valence electrons. The second kappa shape index (κ2) is 3.42. The molecule has 0 amide bonds. The lowest BCUT2D eigenvalue weighted by Crippen LogP contribution is -2.22. The highest BCUT2D eigenvalue weighted by Gasteiger charge is 2.09. The van der Waals surface area contributed by atoms with Gasteiger partial charge in [0.1, 0.15) is 0 Å². The Kier molecular flexibility index (Phi) is 2.52. The minimum absolute atomic E-state index is 0.112. The minimum atomic E-state index is 0.112. The van der Waals surface area contributed by atoms with Crippen LogP contribution < -0.4 is 10.6 Å². The van der Waals surface area contributed by atoms with Crippen molar-refractivity contribution in [3.63, 3.8) is 0 Å². The second-order valence-electron chi connectivity index (χ2n) is 3.20. The predicted octanol–water partition coefficient (Wildman–Crippen LogP) is 0.744. The number of aromatic nitrogens is 2. The fourth-order valence-corrected chi connectivity index (χ4v) is 1.01. The molecule has 5 heteroatoms. The van der Waals surface area contributed by atoms with E-state index in [0.29, 0.717) is 11.9 Å². The Labute approximate surface area is 71.6 Å².